The second kappa shape index (κ2) is 6.07. The fourth-order valence-corrected chi connectivity index (χ4v) is 4.30. The molecular formula is C15H18N2S2. The number of thioether (sulfide) groups is 1. The molecule has 0 bridgehead atoms. The van der Waals surface area contributed by atoms with E-state index in [1.54, 1.807) is 0 Å². The largest absolute Gasteiger partial charge is 0.303 e. The van der Waals surface area contributed by atoms with Gasteiger partial charge >= 0.3 is 0 Å². The number of aromatic nitrogens is 1. The molecule has 2 nitrogen and oxygen atoms in total. The molecular weight excluding hydrogens is 272 g/mol. The van der Waals surface area contributed by atoms with Gasteiger partial charge in [0.1, 0.15) is 5.01 Å². The summed E-state index contributed by atoms with van der Waals surface area (Å²) in [7, 11) is 0. The molecule has 0 aliphatic carbocycles. The van der Waals surface area contributed by atoms with Gasteiger partial charge in [-0.15, -0.1) is 11.3 Å². The monoisotopic (exact) mass is 290 g/mol. The molecule has 1 aliphatic rings. The normalized spacial score (nSPS) is 18.3. The molecule has 0 fully saturated rings. The summed E-state index contributed by atoms with van der Waals surface area (Å²) in [5.74, 6) is 2.30. The van der Waals surface area contributed by atoms with Gasteiger partial charge in [-0.1, -0.05) is 31.2 Å². The predicted octanol–water partition coefficient (Wildman–Crippen LogP) is 3.78. The van der Waals surface area contributed by atoms with E-state index in [2.05, 4.69) is 41.5 Å². The summed E-state index contributed by atoms with van der Waals surface area (Å²) in [6.07, 6.45) is 3.09. The quantitative estimate of drug-likeness (QED) is 0.927. The summed E-state index contributed by atoms with van der Waals surface area (Å²) in [5.41, 5.74) is 2.94. The van der Waals surface area contributed by atoms with E-state index in [4.69, 9.17) is 0 Å². The lowest BCUT2D eigenvalue weighted by atomic mass is 10.0. The van der Waals surface area contributed by atoms with E-state index in [0.717, 1.165) is 24.5 Å². The molecule has 1 aromatic carbocycles. The van der Waals surface area contributed by atoms with Crippen LogP contribution < -0.4 is 5.32 Å². The van der Waals surface area contributed by atoms with Crippen molar-refractivity contribution >= 4 is 23.1 Å². The van der Waals surface area contributed by atoms with Gasteiger partial charge in [0, 0.05) is 35.2 Å². The van der Waals surface area contributed by atoms with Crippen LogP contribution in [0, 0.1) is 0 Å². The molecule has 0 saturated heterocycles. The van der Waals surface area contributed by atoms with Crippen molar-refractivity contribution in [2.45, 2.75) is 31.7 Å². The molecule has 2 heterocycles. The summed E-state index contributed by atoms with van der Waals surface area (Å²) in [6.45, 7) is 3.06. The summed E-state index contributed by atoms with van der Waals surface area (Å²) in [6, 6.07) is 9.24. The van der Waals surface area contributed by atoms with E-state index in [1.807, 2.05) is 29.3 Å². The topological polar surface area (TPSA) is 24.9 Å². The van der Waals surface area contributed by atoms with Crippen LogP contribution in [-0.4, -0.2) is 10.7 Å². The summed E-state index contributed by atoms with van der Waals surface area (Å²) in [5, 5.41) is 4.86. The standard InChI is InChI=1S/C15H18N2S2/c1-2-12-7-17-15(19-12)8-16-14-10-18-9-11-5-3-4-6-13(11)14/h3-7,14,16H,2,8-10H2,1H3. The van der Waals surface area contributed by atoms with Gasteiger partial charge in [0.05, 0.1) is 0 Å². The Bertz CT molecular complexity index is 551. The zero-order chi connectivity index (χ0) is 13.1. The fourth-order valence-electron chi connectivity index (χ4n) is 2.35. The average Bonchev–Trinajstić information content (AvgIpc) is 2.93. The van der Waals surface area contributed by atoms with Crippen molar-refractivity contribution in [1.29, 1.82) is 0 Å². The van der Waals surface area contributed by atoms with Crippen molar-refractivity contribution in [3.05, 3.63) is 51.5 Å². The van der Waals surface area contributed by atoms with Gasteiger partial charge in [0.15, 0.2) is 0 Å². The summed E-state index contributed by atoms with van der Waals surface area (Å²) in [4.78, 5) is 5.85. The maximum atomic E-state index is 4.48. The van der Waals surface area contributed by atoms with Crippen LogP contribution in [0.2, 0.25) is 0 Å². The lowest BCUT2D eigenvalue weighted by Gasteiger charge is -2.25. The number of nitrogens with one attached hydrogen (secondary N) is 1. The van der Waals surface area contributed by atoms with E-state index < -0.39 is 0 Å². The van der Waals surface area contributed by atoms with Gasteiger partial charge in [0.25, 0.3) is 0 Å². The van der Waals surface area contributed by atoms with Crippen LogP contribution in [0.4, 0.5) is 0 Å². The van der Waals surface area contributed by atoms with Gasteiger partial charge in [-0.3, -0.25) is 0 Å². The Kier molecular flexibility index (Phi) is 4.21. The van der Waals surface area contributed by atoms with Crippen LogP contribution in [0.15, 0.2) is 30.5 Å². The third kappa shape index (κ3) is 3.02. The number of aryl methyl sites for hydroxylation is 1. The Hall–Kier alpha value is -0.840. The molecule has 3 rings (SSSR count). The van der Waals surface area contributed by atoms with Crippen molar-refractivity contribution in [2.75, 3.05) is 5.75 Å². The van der Waals surface area contributed by atoms with Crippen molar-refractivity contribution in [2.24, 2.45) is 0 Å². The van der Waals surface area contributed by atoms with Crippen LogP contribution in [0.3, 0.4) is 0 Å². The number of benzene rings is 1. The molecule has 1 aromatic heterocycles. The molecule has 1 atom stereocenters. The third-order valence-electron chi connectivity index (χ3n) is 3.42. The number of thiazole rings is 1. The molecule has 1 N–H and O–H groups in total. The minimum Gasteiger partial charge on any atom is -0.303 e. The Labute approximate surface area is 122 Å². The zero-order valence-corrected chi connectivity index (χ0v) is 12.7. The first-order valence-electron chi connectivity index (χ1n) is 6.69. The van der Waals surface area contributed by atoms with E-state index in [0.29, 0.717) is 6.04 Å². The summed E-state index contributed by atoms with van der Waals surface area (Å²) >= 11 is 3.83. The maximum Gasteiger partial charge on any atom is 0.107 e. The lowest BCUT2D eigenvalue weighted by molar-refractivity contribution is 0.573. The van der Waals surface area contributed by atoms with Gasteiger partial charge < -0.3 is 5.32 Å². The second-order valence-corrected chi connectivity index (χ2v) is 6.95. The first-order chi connectivity index (χ1) is 9.36. The van der Waals surface area contributed by atoms with Crippen molar-refractivity contribution in [3.8, 4) is 0 Å². The van der Waals surface area contributed by atoms with E-state index >= 15 is 0 Å². The molecule has 19 heavy (non-hydrogen) atoms. The zero-order valence-electron chi connectivity index (χ0n) is 11.1. The highest BCUT2D eigenvalue weighted by molar-refractivity contribution is 7.98. The minimum atomic E-state index is 0.462. The summed E-state index contributed by atoms with van der Waals surface area (Å²) < 4.78 is 0. The second-order valence-electron chi connectivity index (χ2n) is 4.72. The molecule has 0 spiro atoms. The predicted molar refractivity (Wildman–Crippen MR) is 83.7 cm³/mol. The average molecular weight is 290 g/mol. The van der Waals surface area contributed by atoms with Crippen molar-refractivity contribution in [1.82, 2.24) is 10.3 Å². The van der Waals surface area contributed by atoms with Crippen LogP contribution in [0.5, 0.6) is 0 Å². The lowest BCUT2D eigenvalue weighted by Crippen LogP contribution is -2.26. The molecule has 1 aliphatic heterocycles. The molecule has 4 heteroatoms. The Balaban J connectivity index is 1.68. The van der Waals surface area contributed by atoms with E-state index in [-0.39, 0.29) is 0 Å². The highest BCUT2D eigenvalue weighted by Gasteiger charge is 2.19. The number of fused-ring (bicyclic) bond motifs is 1. The van der Waals surface area contributed by atoms with Crippen molar-refractivity contribution < 1.29 is 0 Å². The van der Waals surface area contributed by atoms with Crippen molar-refractivity contribution in [3.63, 3.8) is 0 Å². The smallest absolute Gasteiger partial charge is 0.107 e. The van der Waals surface area contributed by atoms with Gasteiger partial charge in [-0.25, -0.2) is 4.98 Å². The van der Waals surface area contributed by atoms with Crippen LogP contribution >= 0.6 is 23.1 Å². The number of hydrogen-bond donors (Lipinski definition) is 1. The molecule has 100 valence electrons. The molecule has 1 unspecified atom stereocenters. The fraction of sp³-hybridized carbons (Fsp3) is 0.400. The number of hydrogen-bond acceptors (Lipinski definition) is 4. The van der Waals surface area contributed by atoms with Gasteiger partial charge in [-0.05, 0) is 17.5 Å². The number of rotatable bonds is 4. The molecule has 0 saturated carbocycles. The van der Waals surface area contributed by atoms with Crippen LogP contribution in [0.1, 0.15) is 34.0 Å². The van der Waals surface area contributed by atoms with E-state index in [9.17, 15) is 0 Å². The Morgan fingerprint density at radius 1 is 1.37 bits per heavy atom. The first kappa shape index (κ1) is 13.2. The highest BCUT2D eigenvalue weighted by Crippen LogP contribution is 2.31. The molecule has 0 amide bonds. The first-order valence-corrected chi connectivity index (χ1v) is 8.66. The SMILES string of the molecule is CCc1cnc(CNC2CSCc3ccccc32)s1. The maximum absolute atomic E-state index is 4.48. The van der Waals surface area contributed by atoms with Crippen LogP contribution in [-0.2, 0) is 18.7 Å². The minimum absolute atomic E-state index is 0.462. The van der Waals surface area contributed by atoms with Gasteiger partial charge in [0.2, 0.25) is 0 Å². The highest BCUT2D eigenvalue weighted by atomic mass is 32.2. The molecule has 2 aromatic rings. The van der Waals surface area contributed by atoms with Crippen LogP contribution in [0.25, 0.3) is 0 Å². The van der Waals surface area contributed by atoms with Gasteiger partial charge in [-0.2, -0.15) is 11.8 Å². The number of nitrogens with zero attached hydrogens (tertiary/aromatic N) is 1. The Morgan fingerprint density at radius 3 is 3.11 bits per heavy atom. The van der Waals surface area contributed by atoms with E-state index in [1.165, 1.54) is 21.0 Å². The molecule has 0 radical (unpaired) electrons. The Morgan fingerprint density at radius 2 is 2.26 bits per heavy atom. The third-order valence-corrected chi connectivity index (χ3v) is 5.65.